The maximum Gasteiger partial charge on any atom is 0.261 e. The molecule has 106 valence electrons. The molecule has 0 bridgehead atoms. The molecule has 2 amide bonds. The first-order chi connectivity index (χ1) is 9.65. The zero-order chi connectivity index (χ0) is 14.4. The Kier molecular flexibility index (Phi) is 5.75. The van der Waals surface area contributed by atoms with Crippen LogP contribution in [0.25, 0.3) is 0 Å². The first-order valence-electron chi connectivity index (χ1n) is 5.98. The quantitative estimate of drug-likeness (QED) is 0.818. The van der Waals surface area contributed by atoms with Crippen molar-refractivity contribution in [1.29, 1.82) is 0 Å². The largest absolute Gasteiger partial charge is 0.351 e. The second-order valence-corrected chi connectivity index (χ2v) is 7.46. The molecule has 0 aliphatic carbocycles. The maximum absolute atomic E-state index is 11.6. The van der Waals surface area contributed by atoms with Gasteiger partial charge in [0, 0.05) is 17.8 Å². The first-order valence-corrected chi connectivity index (χ1v) is 8.46. The monoisotopic (exact) mass is 372 g/mol. The van der Waals surface area contributed by atoms with E-state index in [1.54, 1.807) is 17.4 Å². The molecule has 0 saturated heterocycles. The highest BCUT2D eigenvalue weighted by Gasteiger charge is 2.07. The van der Waals surface area contributed by atoms with Crippen LogP contribution in [0.15, 0.2) is 33.4 Å². The van der Waals surface area contributed by atoms with Crippen LogP contribution in [0.1, 0.15) is 21.0 Å². The van der Waals surface area contributed by atoms with Crippen LogP contribution in [0.3, 0.4) is 0 Å². The Labute approximate surface area is 133 Å². The number of halogens is 1. The van der Waals surface area contributed by atoms with Crippen LogP contribution in [0.2, 0.25) is 0 Å². The van der Waals surface area contributed by atoms with E-state index in [1.807, 2.05) is 23.6 Å². The Morgan fingerprint density at radius 2 is 2.05 bits per heavy atom. The Bertz CT molecular complexity index is 581. The van der Waals surface area contributed by atoms with Crippen molar-refractivity contribution in [2.45, 2.75) is 13.0 Å². The number of carbonyl (C=O) groups excluding carboxylic acids is 2. The summed E-state index contributed by atoms with van der Waals surface area (Å²) in [6.07, 6.45) is 0.281. The third-order valence-corrected chi connectivity index (χ3v) is 4.96. The van der Waals surface area contributed by atoms with Crippen LogP contribution in [-0.4, -0.2) is 18.4 Å². The standard InChI is InChI=1S/C13H13BrN2O2S2/c14-11-4-3-9(20-11)8-16-12(17)5-6-15-13(18)10-2-1-7-19-10/h1-4,7H,5-6,8H2,(H,15,18)(H,16,17). The van der Waals surface area contributed by atoms with Crippen LogP contribution in [0.4, 0.5) is 0 Å². The van der Waals surface area contributed by atoms with Gasteiger partial charge < -0.3 is 10.6 Å². The van der Waals surface area contributed by atoms with Gasteiger partial charge in [-0.15, -0.1) is 22.7 Å². The summed E-state index contributed by atoms with van der Waals surface area (Å²) < 4.78 is 1.05. The van der Waals surface area contributed by atoms with Gasteiger partial charge in [0.1, 0.15) is 0 Å². The second-order valence-electron chi connectivity index (χ2n) is 3.97. The molecule has 0 saturated carbocycles. The summed E-state index contributed by atoms with van der Waals surface area (Å²) in [5.74, 6) is -0.198. The first kappa shape index (κ1) is 15.2. The van der Waals surface area contributed by atoms with Gasteiger partial charge in [0.25, 0.3) is 5.91 Å². The molecular weight excluding hydrogens is 360 g/mol. The lowest BCUT2D eigenvalue weighted by Crippen LogP contribution is -2.30. The van der Waals surface area contributed by atoms with Crippen LogP contribution >= 0.6 is 38.6 Å². The molecule has 0 aliphatic heterocycles. The van der Waals surface area contributed by atoms with Gasteiger partial charge in [-0.2, -0.15) is 0 Å². The Morgan fingerprint density at radius 3 is 2.70 bits per heavy atom. The molecule has 0 aromatic carbocycles. The van der Waals surface area contributed by atoms with Gasteiger partial charge in [0.15, 0.2) is 0 Å². The molecule has 20 heavy (non-hydrogen) atoms. The number of rotatable bonds is 6. The van der Waals surface area contributed by atoms with Crippen molar-refractivity contribution in [3.63, 3.8) is 0 Å². The predicted molar refractivity (Wildman–Crippen MR) is 85.1 cm³/mol. The third kappa shape index (κ3) is 4.73. The van der Waals surface area contributed by atoms with Gasteiger partial charge in [-0.1, -0.05) is 6.07 Å². The third-order valence-electron chi connectivity index (χ3n) is 2.47. The SMILES string of the molecule is O=C(CCNC(=O)c1cccs1)NCc1ccc(Br)s1. The summed E-state index contributed by atoms with van der Waals surface area (Å²) in [6, 6.07) is 7.50. The van der Waals surface area contributed by atoms with Crippen molar-refractivity contribution in [2.24, 2.45) is 0 Å². The van der Waals surface area contributed by atoms with Crippen molar-refractivity contribution in [3.05, 3.63) is 43.2 Å². The lowest BCUT2D eigenvalue weighted by molar-refractivity contribution is -0.121. The maximum atomic E-state index is 11.6. The van der Waals surface area contributed by atoms with Crippen LogP contribution in [-0.2, 0) is 11.3 Å². The number of nitrogens with one attached hydrogen (secondary N) is 2. The topological polar surface area (TPSA) is 58.2 Å². The molecule has 0 spiro atoms. The minimum absolute atomic E-state index is 0.0685. The summed E-state index contributed by atoms with van der Waals surface area (Å²) in [6.45, 7) is 0.866. The van der Waals surface area contributed by atoms with E-state index in [0.717, 1.165) is 8.66 Å². The molecule has 0 atom stereocenters. The number of hydrogen-bond donors (Lipinski definition) is 2. The van der Waals surface area contributed by atoms with Gasteiger partial charge in [0.05, 0.1) is 15.2 Å². The molecule has 2 rings (SSSR count). The molecule has 2 heterocycles. The fourth-order valence-electron chi connectivity index (χ4n) is 1.51. The average Bonchev–Trinajstić information content (AvgIpc) is 3.07. The normalized spacial score (nSPS) is 10.2. The Hall–Kier alpha value is -1.18. The minimum atomic E-state index is -0.130. The van der Waals surface area contributed by atoms with Gasteiger partial charge in [0.2, 0.25) is 5.91 Å². The number of hydrogen-bond acceptors (Lipinski definition) is 4. The predicted octanol–water partition coefficient (Wildman–Crippen LogP) is 3.01. The highest BCUT2D eigenvalue weighted by Crippen LogP contribution is 2.21. The highest BCUT2D eigenvalue weighted by molar-refractivity contribution is 9.11. The van der Waals surface area contributed by atoms with Crippen LogP contribution in [0.5, 0.6) is 0 Å². The molecule has 2 aromatic heterocycles. The van der Waals surface area contributed by atoms with E-state index in [1.165, 1.54) is 11.3 Å². The van der Waals surface area contributed by atoms with Crippen LogP contribution < -0.4 is 10.6 Å². The highest BCUT2D eigenvalue weighted by atomic mass is 79.9. The van der Waals surface area contributed by atoms with Crippen molar-refractivity contribution in [3.8, 4) is 0 Å². The van der Waals surface area contributed by atoms with Gasteiger partial charge in [-0.25, -0.2) is 0 Å². The van der Waals surface area contributed by atoms with E-state index < -0.39 is 0 Å². The summed E-state index contributed by atoms with van der Waals surface area (Å²) in [7, 11) is 0. The molecule has 0 radical (unpaired) electrons. The van der Waals surface area contributed by atoms with Crippen molar-refractivity contribution < 1.29 is 9.59 Å². The van der Waals surface area contributed by atoms with E-state index in [4.69, 9.17) is 0 Å². The van der Waals surface area contributed by atoms with Gasteiger partial charge >= 0.3 is 0 Å². The molecule has 0 unspecified atom stereocenters. The van der Waals surface area contributed by atoms with Crippen molar-refractivity contribution in [1.82, 2.24) is 10.6 Å². The molecular formula is C13H13BrN2O2S2. The molecule has 2 N–H and O–H groups in total. The van der Waals surface area contributed by atoms with Crippen molar-refractivity contribution in [2.75, 3.05) is 6.54 Å². The number of carbonyl (C=O) groups is 2. The van der Waals surface area contributed by atoms with E-state index in [-0.39, 0.29) is 18.2 Å². The number of amides is 2. The van der Waals surface area contributed by atoms with Crippen LogP contribution in [0, 0.1) is 0 Å². The molecule has 0 aliphatic rings. The fraction of sp³-hybridized carbons (Fsp3) is 0.231. The summed E-state index contributed by atoms with van der Waals surface area (Å²) in [4.78, 5) is 25.0. The van der Waals surface area contributed by atoms with E-state index in [2.05, 4.69) is 26.6 Å². The summed E-state index contributed by atoms with van der Waals surface area (Å²) in [5, 5.41) is 7.39. The summed E-state index contributed by atoms with van der Waals surface area (Å²) in [5.41, 5.74) is 0. The van der Waals surface area contributed by atoms with E-state index >= 15 is 0 Å². The Balaban J connectivity index is 1.64. The molecule has 0 fully saturated rings. The average molecular weight is 373 g/mol. The Morgan fingerprint density at radius 1 is 1.20 bits per heavy atom. The van der Waals surface area contributed by atoms with E-state index in [0.29, 0.717) is 18.0 Å². The zero-order valence-corrected chi connectivity index (χ0v) is 13.7. The molecule has 2 aromatic rings. The fourth-order valence-corrected chi connectivity index (χ4v) is 3.57. The van der Waals surface area contributed by atoms with Crippen molar-refractivity contribution >= 4 is 50.4 Å². The lowest BCUT2D eigenvalue weighted by atomic mass is 10.3. The molecule has 4 nitrogen and oxygen atoms in total. The zero-order valence-electron chi connectivity index (χ0n) is 10.5. The summed E-state index contributed by atoms with van der Waals surface area (Å²) >= 11 is 6.35. The molecule has 7 heteroatoms. The smallest absolute Gasteiger partial charge is 0.261 e. The van der Waals surface area contributed by atoms with Gasteiger partial charge in [-0.3, -0.25) is 9.59 Å². The minimum Gasteiger partial charge on any atom is -0.351 e. The van der Waals surface area contributed by atoms with E-state index in [9.17, 15) is 9.59 Å². The number of thiophene rings is 2. The lowest BCUT2D eigenvalue weighted by Gasteiger charge is -2.05. The van der Waals surface area contributed by atoms with Gasteiger partial charge in [-0.05, 0) is 39.5 Å². The second kappa shape index (κ2) is 7.56.